The molecule has 0 aliphatic carbocycles. The van der Waals surface area contributed by atoms with Gasteiger partial charge in [-0.05, 0) is 31.2 Å². The molecule has 1 atom stereocenters. The van der Waals surface area contributed by atoms with Crippen molar-refractivity contribution in [1.29, 1.82) is 0 Å². The van der Waals surface area contributed by atoms with Gasteiger partial charge in [-0.3, -0.25) is 0 Å². The molecule has 2 rings (SSSR count). The van der Waals surface area contributed by atoms with E-state index in [1.807, 2.05) is 49.4 Å². The van der Waals surface area contributed by atoms with Crippen LogP contribution in [0.25, 0.3) is 0 Å². The lowest BCUT2D eigenvalue weighted by Crippen LogP contribution is -2.29. The van der Waals surface area contributed by atoms with Gasteiger partial charge in [0.25, 0.3) is 0 Å². The number of nitrogens with zero attached hydrogens (tertiary/aromatic N) is 2. The normalized spacial score (nSPS) is 12.1. The van der Waals surface area contributed by atoms with Crippen molar-refractivity contribution < 1.29 is 4.42 Å². The Balaban J connectivity index is 2.15. The number of hydrogen-bond acceptors (Lipinski definition) is 4. The van der Waals surface area contributed by atoms with Crippen molar-refractivity contribution in [2.75, 3.05) is 11.4 Å². The van der Waals surface area contributed by atoms with Gasteiger partial charge in [0.2, 0.25) is 0 Å². The van der Waals surface area contributed by atoms with E-state index in [0.717, 1.165) is 11.4 Å². The lowest BCUT2D eigenvalue weighted by molar-refractivity contribution is 0.498. The van der Waals surface area contributed by atoms with Gasteiger partial charge in [0.15, 0.2) is 0 Å². The Bertz CT molecular complexity index is 468. The van der Waals surface area contributed by atoms with Crippen LogP contribution in [0, 0.1) is 4.91 Å². The van der Waals surface area contributed by atoms with Gasteiger partial charge in [0, 0.05) is 12.2 Å². The lowest BCUT2D eigenvalue weighted by atomic mass is 10.2. The van der Waals surface area contributed by atoms with Crippen LogP contribution in [0.3, 0.4) is 0 Å². The molecule has 0 aliphatic rings. The van der Waals surface area contributed by atoms with Crippen molar-refractivity contribution in [2.45, 2.75) is 19.5 Å². The third-order valence-corrected chi connectivity index (χ3v) is 2.71. The maximum absolute atomic E-state index is 10.6. The Kier molecular flexibility index (Phi) is 4.12. The van der Waals surface area contributed by atoms with Crippen LogP contribution >= 0.6 is 0 Å². The fraction of sp³-hybridized carbons (Fsp3) is 0.286. The second-order valence-electron chi connectivity index (χ2n) is 4.25. The summed E-state index contributed by atoms with van der Waals surface area (Å²) in [4.78, 5) is 12.7. The van der Waals surface area contributed by atoms with Gasteiger partial charge in [0.05, 0.1) is 12.8 Å². The molecule has 0 amide bonds. The zero-order valence-electron chi connectivity index (χ0n) is 10.3. The minimum absolute atomic E-state index is 0.250. The predicted octanol–water partition coefficient (Wildman–Crippen LogP) is 3.44. The summed E-state index contributed by atoms with van der Waals surface area (Å²) in [7, 11) is 0. The molecule has 0 saturated heterocycles. The van der Waals surface area contributed by atoms with Gasteiger partial charge < -0.3 is 9.32 Å². The number of rotatable bonds is 6. The van der Waals surface area contributed by atoms with Gasteiger partial charge in [-0.15, -0.1) is 0 Å². The molecule has 4 heteroatoms. The van der Waals surface area contributed by atoms with E-state index in [1.54, 1.807) is 6.26 Å². The smallest absolute Gasteiger partial charge is 0.123 e. The molecule has 94 valence electrons. The number of anilines is 1. The van der Waals surface area contributed by atoms with E-state index in [0.29, 0.717) is 13.1 Å². The van der Waals surface area contributed by atoms with Gasteiger partial charge in [-0.2, -0.15) is 4.91 Å². The molecule has 1 unspecified atom stereocenters. The molecule has 2 aromatic rings. The predicted molar refractivity (Wildman–Crippen MR) is 71.5 cm³/mol. The Morgan fingerprint density at radius 3 is 2.61 bits per heavy atom. The Morgan fingerprint density at radius 1 is 1.22 bits per heavy atom. The third-order valence-electron chi connectivity index (χ3n) is 2.71. The van der Waals surface area contributed by atoms with E-state index in [9.17, 15) is 4.91 Å². The van der Waals surface area contributed by atoms with Gasteiger partial charge in [-0.1, -0.05) is 23.4 Å². The highest BCUT2D eigenvalue weighted by Crippen LogP contribution is 2.17. The lowest BCUT2D eigenvalue weighted by Gasteiger charge is -2.24. The van der Waals surface area contributed by atoms with Crippen molar-refractivity contribution in [3.63, 3.8) is 0 Å². The van der Waals surface area contributed by atoms with Crippen molar-refractivity contribution in [3.8, 4) is 0 Å². The molecule has 1 heterocycles. The molecule has 0 N–H and O–H groups in total. The molecule has 1 aromatic carbocycles. The molecule has 0 bridgehead atoms. The first-order valence-corrected chi connectivity index (χ1v) is 5.94. The first-order valence-electron chi connectivity index (χ1n) is 5.94. The van der Waals surface area contributed by atoms with E-state index in [4.69, 9.17) is 4.42 Å². The maximum atomic E-state index is 10.6. The van der Waals surface area contributed by atoms with E-state index in [-0.39, 0.29) is 6.04 Å². The summed E-state index contributed by atoms with van der Waals surface area (Å²) < 4.78 is 5.35. The summed E-state index contributed by atoms with van der Waals surface area (Å²) in [6.07, 6.45) is 1.65. The second-order valence-corrected chi connectivity index (χ2v) is 4.25. The molecular formula is C14H16N2O2. The van der Waals surface area contributed by atoms with Crippen LogP contribution in [0.2, 0.25) is 0 Å². The number of furan rings is 1. The molecule has 0 radical (unpaired) electrons. The molecule has 0 spiro atoms. The summed E-state index contributed by atoms with van der Waals surface area (Å²) in [6.45, 7) is 3.02. The summed E-state index contributed by atoms with van der Waals surface area (Å²) in [5, 5.41) is 3.06. The fourth-order valence-electron chi connectivity index (χ4n) is 1.84. The number of nitroso groups, excluding NO2 is 1. The van der Waals surface area contributed by atoms with E-state index in [1.165, 1.54) is 0 Å². The summed E-state index contributed by atoms with van der Waals surface area (Å²) >= 11 is 0. The fourth-order valence-corrected chi connectivity index (χ4v) is 1.84. The second kappa shape index (κ2) is 6.00. The van der Waals surface area contributed by atoms with E-state index < -0.39 is 0 Å². The molecular weight excluding hydrogens is 228 g/mol. The van der Waals surface area contributed by atoms with Gasteiger partial charge in [-0.25, -0.2) is 0 Å². The first-order chi connectivity index (χ1) is 8.79. The zero-order chi connectivity index (χ0) is 12.8. The molecule has 0 saturated carbocycles. The average molecular weight is 244 g/mol. The van der Waals surface area contributed by atoms with Crippen LogP contribution in [0.1, 0.15) is 12.7 Å². The largest absolute Gasteiger partial charge is 0.467 e. The van der Waals surface area contributed by atoms with Gasteiger partial charge in [0.1, 0.15) is 11.8 Å². The molecule has 4 nitrogen and oxygen atoms in total. The zero-order valence-corrected chi connectivity index (χ0v) is 10.3. The highest BCUT2D eigenvalue weighted by molar-refractivity contribution is 5.46. The Hall–Kier alpha value is -2.10. The van der Waals surface area contributed by atoms with Crippen LogP contribution in [-0.2, 0) is 6.54 Å². The van der Waals surface area contributed by atoms with Crippen LogP contribution in [0.5, 0.6) is 0 Å². The molecule has 18 heavy (non-hydrogen) atoms. The third kappa shape index (κ3) is 3.20. The summed E-state index contributed by atoms with van der Waals surface area (Å²) in [6, 6.07) is 13.5. The van der Waals surface area contributed by atoms with Crippen LogP contribution in [-0.4, -0.2) is 12.6 Å². The number of para-hydroxylation sites is 1. The highest BCUT2D eigenvalue weighted by Gasteiger charge is 2.12. The Morgan fingerprint density at radius 2 is 2.00 bits per heavy atom. The van der Waals surface area contributed by atoms with Crippen LogP contribution in [0.15, 0.2) is 58.3 Å². The van der Waals surface area contributed by atoms with Crippen molar-refractivity contribution in [3.05, 3.63) is 59.4 Å². The van der Waals surface area contributed by atoms with E-state index in [2.05, 4.69) is 10.1 Å². The minimum atomic E-state index is -0.250. The average Bonchev–Trinajstić information content (AvgIpc) is 2.92. The van der Waals surface area contributed by atoms with Crippen LogP contribution in [0.4, 0.5) is 5.69 Å². The van der Waals surface area contributed by atoms with E-state index >= 15 is 0 Å². The highest BCUT2D eigenvalue weighted by atomic mass is 16.3. The quantitative estimate of drug-likeness (QED) is 0.731. The van der Waals surface area contributed by atoms with Crippen molar-refractivity contribution in [1.82, 2.24) is 0 Å². The summed E-state index contributed by atoms with van der Waals surface area (Å²) in [5.41, 5.74) is 1.06. The van der Waals surface area contributed by atoms with Crippen molar-refractivity contribution in [2.24, 2.45) is 5.18 Å². The topological polar surface area (TPSA) is 45.8 Å². The summed E-state index contributed by atoms with van der Waals surface area (Å²) in [5.74, 6) is 0.872. The number of benzene rings is 1. The minimum Gasteiger partial charge on any atom is -0.467 e. The SMILES string of the molecule is CC(CN(Cc1ccco1)c1ccccc1)N=O. The molecule has 0 aliphatic heterocycles. The standard InChI is InChI=1S/C14H16N2O2/c1-12(15-17)10-16(11-14-8-5-9-18-14)13-6-3-2-4-7-13/h2-9,12H,10-11H2,1H3. The Labute approximate surface area is 106 Å². The first kappa shape index (κ1) is 12.4. The number of hydrogen-bond donors (Lipinski definition) is 0. The molecule has 1 aromatic heterocycles. The van der Waals surface area contributed by atoms with Crippen LogP contribution < -0.4 is 4.90 Å². The molecule has 0 fully saturated rings. The maximum Gasteiger partial charge on any atom is 0.123 e. The van der Waals surface area contributed by atoms with Crippen molar-refractivity contribution >= 4 is 5.69 Å². The van der Waals surface area contributed by atoms with Gasteiger partial charge >= 0.3 is 0 Å². The monoisotopic (exact) mass is 244 g/mol.